The number of unbranched alkanes of at least 4 members (excludes halogenated alkanes) is 27. The van der Waals surface area contributed by atoms with Gasteiger partial charge in [-0.05, 0) is 102 Å². The summed E-state index contributed by atoms with van der Waals surface area (Å²) in [5.74, 6) is -0.311. The molecule has 0 fully saturated rings. The zero-order chi connectivity index (χ0) is 60.2. The van der Waals surface area contributed by atoms with Crippen LogP contribution in [0.15, 0.2) is 84.9 Å². The van der Waals surface area contributed by atoms with E-state index in [9.17, 15) is 0 Å². The molecule has 0 aliphatic carbocycles. The first-order valence-electron chi connectivity index (χ1n) is 33.7. The van der Waals surface area contributed by atoms with Gasteiger partial charge in [-0.3, -0.25) is 0 Å². The van der Waals surface area contributed by atoms with Gasteiger partial charge < -0.3 is 4.74 Å². The van der Waals surface area contributed by atoms with Crippen molar-refractivity contribution >= 4 is 99.7 Å². The molecule has 5 heterocycles. The molecular formula is C75H92F2N4OS5. The minimum atomic E-state index is -0.366. The van der Waals surface area contributed by atoms with Crippen LogP contribution in [-0.4, -0.2) is 24.1 Å². The van der Waals surface area contributed by atoms with Crippen LogP contribution >= 0.6 is 57.5 Å². The standard InChI is InChI=1S/C75H92F2N4OS5/c1-5-8-11-14-17-20-23-26-29-38-45-55-57-50-61(63-52(4)67(76)65(71-69(63)78-86-80-71)60-48-47-59(83-60)53-41-34-32-35-42-53)84-74(57)56(46-39-30-27-24-21-18-15-12-9-6-2)58-51-62(85-75(55)58)66-72-70(79-87-81-72)64(54-43-36-33-37-44-54)68(77)73(66)82-49-40-31-28-25-22-19-16-13-10-7-3/h32-37,41-44,47-48,50-51H,5-31,38-40,45-46,49H2,1-4H3. The van der Waals surface area contributed by atoms with Crippen LogP contribution in [0.4, 0.5) is 8.78 Å². The lowest BCUT2D eigenvalue weighted by atomic mass is 9.93. The van der Waals surface area contributed by atoms with Gasteiger partial charge in [0.25, 0.3) is 0 Å². The molecule has 0 bridgehead atoms. The second-order valence-corrected chi connectivity index (χ2v) is 28.7. The maximum absolute atomic E-state index is 18.0. The van der Waals surface area contributed by atoms with Crippen molar-refractivity contribution in [3.63, 3.8) is 0 Å². The normalized spacial score (nSPS) is 11.9. The summed E-state index contributed by atoms with van der Waals surface area (Å²) in [4.78, 5) is 3.95. The average Bonchev–Trinajstić information content (AvgIpc) is 2.31. The number of benzene rings is 5. The van der Waals surface area contributed by atoms with Crippen LogP contribution in [0.1, 0.15) is 230 Å². The van der Waals surface area contributed by atoms with Crippen LogP contribution in [0.2, 0.25) is 0 Å². The SMILES string of the molecule is CCCCCCCCCCCCOc1c(F)c(-c2ccccc2)c2nsnc2c1-c1cc2c(CCCCCCCCCCCC)c3sc(-c4c(C)c(F)c(-c5ccc(-c6ccccc6)s5)c5nsnc45)cc3c(CCCCCCCCCCCC)c2s1. The highest BCUT2D eigenvalue weighted by atomic mass is 32.1. The third-order valence-electron chi connectivity index (χ3n) is 17.9. The Morgan fingerprint density at radius 2 is 0.759 bits per heavy atom. The van der Waals surface area contributed by atoms with Gasteiger partial charge >= 0.3 is 0 Å². The predicted octanol–water partition coefficient (Wildman–Crippen LogP) is 26.3. The number of halogens is 2. The maximum atomic E-state index is 18.0. The molecule has 0 amide bonds. The van der Waals surface area contributed by atoms with Crippen molar-refractivity contribution in [2.75, 3.05) is 6.61 Å². The number of thiophene rings is 3. The molecule has 462 valence electrons. The van der Waals surface area contributed by atoms with Gasteiger partial charge in [0.1, 0.15) is 27.9 Å². The molecular weight excluding hydrogens is 1170 g/mol. The zero-order valence-corrected chi connectivity index (χ0v) is 56.5. The van der Waals surface area contributed by atoms with Crippen molar-refractivity contribution in [2.24, 2.45) is 0 Å². The third-order valence-corrected chi connectivity index (χ3v) is 22.6. The molecule has 0 N–H and O–H groups in total. The largest absolute Gasteiger partial charge is 0.490 e. The average molecular weight is 1260 g/mol. The monoisotopic (exact) mass is 1260 g/mol. The van der Waals surface area contributed by atoms with E-state index in [0.717, 1.165) is 111 Å². The van der Waals surface area contributed by atoms with Crippen LogP contribution in [0.3, 0.4) is 0 Å². The maximum Gasteiger partial charge on any atom is 0.175 e. The van der Waals surface area contributed by atoms with Crippen molar-refractivity contribution in [1.29, 1.82) is 0 Å². The summed E-state index contributed by atoms with van der Waals surface area (Å²) in [5.41, 5.74) is 10.4. The Morgan fingerprint density at radius 3 is 1.24 bits per heavy atom. The summed E-state index contributed by atoms with van der Waals surface area (Å²) >= 11 is 7.50. The molecule has 0 spiro atoms. The van der Waals surface area contributed by atoms with E-state index in [1.54, 1.807) is 34.0 Å². The Hall–Kier alpha value is -4.98. The molecule has 0 saturated carbocycles. The van der Waals surface area contributed by atoms with E-state index < -0.39 is 0 Å². The van der Waals surface area contributed by atoms with Gasteiger partial charge in [0.05, 0.1) is 46.8 Å². The Balaban J connectivity index is 1.06. The zero-order valence-electron chi connectivity index (χ0n) is 52.4. The second-order valence-electron chi connectivity index (χ2n) is 24.5. The van der Waals surface area contributed by atoms with Gasteiger partial charge in [-0.25, -0.2) is 8.78 Å². The molecule has 10 aromatic rings. The lowest BCUT2D eigenvalue weighted by Gasteiger charge is -2.16. The molecule has 0 aliphatic heterocycles. The summed E-state index contributed by atoms with van der Waals surface area (Å²) in [6.45, 7) is 9.22. The molecule has 5 aromatic carbocycles. The molecule has 0 atom stereocenters. The van der Waals surface area contributed by atoms with Crippen molar-refractivity contribution in [3.05, 3.63) is 113 Å². The molecule has 5 aromatic heterocycles. The summed E-state index contributed by atoms with van der Waals surface area (Å²) in [6.07, 6.45) is 39.2. The van der Waals surface area contributed by atoms with E-state index in [4.69, 9.17) is 22.2 Å². The van der Waals surface area contributed by atoms with Crippen molar-refractivity contribution in [2.45, 2.75) is 233 Å². The van der Waals surface area contributed by atoms with Gasteiger partial charge in [-0.1, -0.05) is 255 Å². The fraction of sp³-hybridized carbons (Fsp3) is 0.493. The number of ether oxygens (including phenoxy) is 1. The van der Waals surface area contributed by atoms with E-state index in [1.807, 2.05) is 61.5 Å². The van der Waals surface area contributed by atoms with Crippen LogP contribution in [-0.2, 0) is 12.8 Å². The van der Waals surface area contributed by atoms with E-state index in [1.165, 1.54) is 191 Å². The van der Waals surface area contributed by atoms with E-state index >= 15 is 8.78 Å². The van der Waals surface area contributed by atoms with Gasteiger partial charge in [0.15, 0.2) is 11.6 Å². The van der Waals surface area contributed by atoms with Crippen molar-refractivity contribution < 1.29 is 13.5 Å². The van der Waals surface area contributed by atoms with Crippen LogP contribution in [0.5, 0.6) is 5.75 Å². The molecule has 5 nitrogen and oxygen atoms in total. The van der Waals surface area contributed by atoms with Crippen molar-refractivity contribution in [3.8, 4) is 58.6 Å². The first-order chi connectivity index (χ1) is 42.9. The Morgan fingerprint density at radius 1 is 0.368 bits per heavy atom. The number of fused-ring (bicyclic) bond motifs is 4. The molecule has 10 rings (SSSR count). The molecule has 0 aliphatic rings. The van der Waals surface area contributed by atoms with Gasteiger partial charge in [0, 0.05) is 34.5 Å². The smallest absolute Gasteiger partial charge is 0.175 e. The summed E-state index contributed by atoms with van der Waals surface area (Å²) in [6, 6.07) is 29.0. The van der Waals surface area contributed by atoms with E-state index in [-0.39, 0.29) is 17.4 Å². The van der Waals surface area contributed by atoms with Crippen molar-refractivity contribution in [1.82, 2.24) is 17.5 Å². The van der Waals surface area contributed by atoms with Crippen LogP contribution in [0, 0.1) is 18.6 Å². The molecule has 87 heavy (non-hydrogen) atoms. The fourth-order valence-corrected chi connectivity index (χ4v) is 17.9. The first-order valence-corrected chi connectivity index (χ1v) is 37.6. The molecule has 0 saturated heterocycles. The highest BCUT2D eigenvalue weighted by Gasteiger charge is 2.30. The van der Waals surface area contributed by atoms with Gasteiger partial charge in [-0.2, -0.15) is 17.5 Å². The highest BCUT2D eigenvalue weighted by molar-refractivity contribution is 7.24. The first kappa shape index (κ1) is 65.0. The van der Waals surface area contributed by atoms with Crippen LogP contribution in [0.25, 0.3) is 95.1 Å². The number of hydrogen-bond acceptors (Lipinski definition) is 10. The summed E-state index contributed by atoms with van der Waals surface area (Å²) in [5, 5.41) is 2.49. The summed E-state index contributed by atoms with van der Waals surface area (Å²) < 4.78 is 64.7. The Kier molecular flexibility index (Phi) is 25.2. The lowest BCUT2D eigenvalue weighted by molar-refractivity contribution is 0.292. The topological polar surface area (TPSA) is 60.8 Å². The Labute approximate surface area is 538 Å². The second kappa shape index (κ2) is 33.7. The third kappa shape index (κ3) is 16.1. The van der Waals surface area contributed by atoms with E-state index in [2.05, 4.69) is 51.1 Å². The minimum absolute atomic E-state index is 0.231. The van der Waals surface area contributed by atoms with Gasteiger partial charge in [0.2, 0.25) is 0 Å². The highest BCUT2D eigenvalue weighted by Crippen LogP contribution is 2.53. The number of hydrogen-bond donors (Lipinski definition) is 0. The fourth-order valence-electron chi connectivity index (χ4n) is 13.0. The molecule has 12 heteroatoms. The Bertz CT molecular complexity index is 3650. The van der Waals surface area contributed by atoms with Crippen LogP contribution < -0.4 is 4.74 Å². The van der Waals surface area contributed by atoms with E-state index in [0.29, 0.717) is 45.4 Å². The number of rotatable bonds is 39. The number of aryl methyl sites for hydroxylation is 2. The molecule has 0 unspecified atom stereocenters. The number of aromatic nitrogens is 4. The lowest BCUT2D eigenvalue weighted by Crippen LogP contribution is -2.03. The quantitative estimate of drug-likeness (QED) is 0.0359. The number of nitrogens with zero attached hydrogens (tertiary/aromatic N) is 4. The summed E-state index contributed by atoms with van der Waals surface area (Å²) in [7, 11) is 0. The predicted molar refractivity (Wildman–Crippen MR) is 377 cm³/mol. The molecule has 0 radical (unpaired) electrons. The minimum Gasteiger partial charge on any atom is -0.490 e. The van der Waals surface area contributed by atoms with Gasteiger partial charge in [-0.15, -0.1) is 34.0 Å².